The molecule has 0 saturated carbocycles. The molecule has 2 aromatic rings. The zero-order chi connectivity index (χ0) is 13.3. The maximum Gasteiger partial charge on any atom is 0.0423 e. The van der Waals surface area contributed by atoms with E-state index in [2.05, 4.69) is 60.2 Å². The van der Waals surface area contributed by atoms with Crippen LogP contribution in [0.25, 0.3) is 10.8 Å². The summed E-state index contributed by atoms with van der Waals surface area (Å²) < 4.78 is 0. The van der Waals surface area contributed by atoms with Crippen molar-refractivity contribution in [2.24, 2.45) is 5.41 Å². The fourth-order valence-corrected chi connectivity index (χ4v) is 4.22. The molecule has 2 nitrogen and oxygen atoms in total. The van der Waals surface area contributed by atoms with E-state index in [9.17, 15) is 0 Å². The lowest BCUT2D eigenvalue weighted by molar-refractivity contribution is 0.305. The first-order valence-electron chi connectivity index (χ1n) is 6.84. The third-order valence-corrected chi connectivity index (χ3v) is 5.19. The van der Waals surface area contributed by atoms with Crippen molar-refractivity contribution in [3.63, 3.8) is 0 Å². The molecule has 19 heavy (non-hydrogen) atoms. The summed E-state index contributed by atoms with van der Waals surface area (Å²) in [6.07, 6.45) is 5.08. The number of aromatic nitrogens is 1. The molecule has 100 valence electrons. The summed E-state index contributed by atoms with van der Waals surface area (Å²) in [5, 5.41) is 6.24. The van der Waals surface area contributed by atoms with Crippen molar-refractivity contribution in [3.05, 3.63) is 36.7 Å². The zero-order valence-corrected chi connectivity index (χ0v) is 12.3. The topological polar surface area (TPSA) is 24.9 Å². The second kappa shape index (κ2) is 5.04. The van der Waals surface area contributed by atoms with Gasteiger partial charge < -0.3 is 5.32 Å². The molecule has 1 aromatic carbocycles. The first-order valence-corrected chi connectivity index (χ1v) is 7.99. The Balaban J connectivity index is 1.93. The minimum absolute atomic E-state index is 0.362. The molecule has 0 aliphatic carbocycles. The number of thioether (sulfide) groups is 1. The zero-order valence-electron chi connectivity index (χ0n) is 11.5. The van der Waals surface area contributed by atoms with Gasteiger partial charge >= 0.3 is 0 Å². The van der Waals surface area contributed by atoms with Crippen LogP contribution in [0.3, 0.4) is 0 Å². The Labute approximate surface area is 119 Å². The summed E-state index contributed by atoms with van der Waals surface area (Å²) >= 11 is 2.06. The van der Waals surface area contributed by atoms with Crippen molar-refractivity contribution < 1.29 is 0 Å². The normalized spacial score (nSPS) is 22.3. The number of benzene rings is 1. The maximum atomic E-state index is 4.20. The largest absolute Gasteiger partial charge is 0.380 e. The Morgan fingerprint density at radius 3 is 3.05 bits per heavy atom. The molecule has 2 heterocycles. The molecule has 1 saturated heterocycles. The average molecular weight is 272 g/mol. The van der Waals surface area contributed by atoms with Gasteiger partial charge in [-0.2, -0.15) is 11.8 Å². The summed E-state index contributed by atoms with van der Waals surface area (Å²) in [4.78, 5) is 4.20. The van der Waals surface area contributed by atoms with E-state index >= 15 is 0 Å². The minimum atomic E-state index is 0.362. The Morgan fingerprint density at radius 2 is 2.21 bits per heavy atom. The van der Waals surface area contributed by atoms with Crippen LogP contribution in [-0.4, -0.2) is 22.5 Å². The molecule has 0 bridgehead atoms. The lowest BCUT2D eigenvalue weighted by Crippen LogP contribution is -2.41. The van der Waals surface area contributed by atoms with Crippen molar-refractivity contribution in [2.45, 2.75) is 26.3 Å². The molecule has 1 unspecified atom stereocenters. The highest BCUT2D eigenvalue weighted by Crippen LogP contribution is 2.37. The van der Waals surface area contributed by atoms with E-state index in [-0.39, 0.29) is 0 Å². The highest BCUT2D eigenvalue weighted by molar-refractivity contribution is 7.99. The highest BCUT2D eigenvalue weighted by atomic mass is 32.2. The van der Waals surface area contributed by atoms with Gasteiger partial charge in [-0.25, -0.2) is 0 Å². The van der Waals surface area contributed by atoms with E-state index in [1.54, 1.807) is 0 Å². The Morgan fingerprint density at radius 1 is 1.32 bits per heavy atom. The van der Waals surface area contributed by atoms with Crippen molar-refractivity contribution >= 4 is 28.2 Å². The standard InChI is InChI=1S/C16H20N2S/c1-16(2)7-9-19-11-15(16)18-14-5-3-4-12-10-17-8-6-13(12)14/h3-6,8,10,15,18H,7,9,11H2,1-2H3. The van der Waals surface area contributed by atoms with Crippen LogP contribution >= 0.6 is 11.8 Å². The third kappa shape index (κ3) is 2.57. The van der Waals surface area contributed by atoms with Gasteiger partial charge in [-0.1, -0.05) is 26.0 Å². The van der Waals surface area contributed by atoms with E-state index in [0.717, 1.165) is 0 Å². The summed E-state index contributed by atoms with van der Waals surface area (Å²) in [5.74, 6) is 2.47. The third-order valence-electron chi connectivity index (χ3n) is 4.13. The fourth-order valence-electron chi connectivity index (χ4n) is 2.61. The van der Waals surface area contributed by atoms with Crippen LogP contribution in [0.5, 0.6) is 0 Å². The highest BCUT2D eigenvalue weighted by Gasteiger charge is 2.32. The van der Waals surface area contributed by atoms with Gasteiger partial charge in [0.25, 0.3) is 0 Å². The molecule has 1 N–H and O–H groups in total. The lowest BCUT2D eigenvalue weighted by atomic mass is 9.82. The van der Waals surface area contributed by atoms with E-state index < -0.39 is 0 Å². The second-order valence-electron chi connectivity index (χ2n) is 5.91. The number of anilines is 1. The first-order chi connectivity index (χ1) is 9.17. The van der Waals surface area contributed by atoms with Gasteiger partial charge in [-0.3, -0.25) is 4.98 Å². The van der Waals surface area contributed by atoms with E-state index in [4.69, 9.17) is 0 Å². The predicted octanol–water partition coefficient (Wildman–Crippen LogP) is 4.18. The number of rotatable bonds is 2. The number of pyridine rings is 1. The van der Waals surface area contributed by atoms with Crippen molar-refractivity contribution in [1.29, 1.82) is 0 Å². The second-order valence-corrected chi connectivity index (χ2v) is 7.06. The molecule has 1 aliphatic rings. The van der Waals surface area contributed by atoms with Crippen LogP contribution in [0, 0.1) is 5.41 Å². The predicted molar refractivity (Wildman–Crippen MR) is 84.9 cm³/mol. The number of nitrogens with zero attached hydrogens (tertiary/aromatic N) is 1. The van der Waals surface area contributed by atoms with Gasteiger partial charge in [0.2, 0.25) is 0 Å². The average Bonchev–Trinajstić information content (AvgIpc) is 2.41. The van der Waals surface area contributed by atoms with Gasteiger partial charge in [0, 0.05) is 40.6 Å². The molecular weight excluding hydrogens is 252 g/mol. The Kier molecular flexibility index (Phi) is 3.40. The lowest BCUT2D eigenvalue weighted by Gasteiger charge is -2.39. The van der Waals surface area contributed by atoms with Crippen molar-refractivity contribution in [2.75, 3.05) is 16.8 Å². The summed E-state index contributed by atoms with van der Waals surface area (Å²) in [6.45, 7) is 4.74. The van der Waals surface area contributed by atoms with Crippen molar-refractivity contribution in [3.8, 4) is 0 Å². The molecule has 1 aliphatic heterocycles. The Hall–Kier alpha value is -1.22. The van der Waals surface area contributed by atoms with Crippen molar-refractivity contribution in [1.82, 2.24) is 4.98 Å². The maximum absolute atomic E-state index is 4.20. The van der Waals surface area contributed by atoms with E-state index in [1.807, 2.05) is 12.4 Å². The van der Waals surface area contributed by atoms with Crippen LogP contribution in [0.2, 0.25) is 0 Å². The van der Waals surface area contributed by atoms with Crippen LogP contribution < -0.4 is 5.32 Å². The molecule has 3 rings (SSSR count). The van der Waals surface area contributed by atoms with Crippen LogP contribution in [-0.2, 0) is 0 Å². The molecule has 1 atom stereocenters. The number of hydrogen-bond donors (Lipinski definition) is 1. The van der Waals surface area contributed by atoms with E-state index in [0.29, 0.717) is 11.5 Å². The van der Waals surface area contributed by atoms with Gasteiger partial charge in [0.05, 0.1) is 0 Å². The van der Waals surface area contributed by atoms with Crippen LogP contribution in [0.4, 0.5) is 5.69 Å². The molecule has 1 fully saturated rings. The Bertz CT molecular complexity index is 574. The summed E-state index contributed by atoms with van der Waals surface area (Å²) in [5.41, 5.74) is 1.60. The number of hydrogen-bond acceptors (Lipinski definition) is 3. The molecule has 0 radical (unpaired) electrons. The first kappa shape index (κ1) is 12.8. The molecule has 0 amide bonds. The molecule has 3 heteroatoms. The van der Waals surface area contributed by atoms with Gasteiger partial charge in [-0.15, -0.1) is 0 Å². The number of nitrogens with one attached hydrogen (secondary N) is 1. The van der Waals surface area contributed by atoms with Gasteiger partial charge in [0.15, 0.2) is 0 Å². The monoisotopic (exact) mass is 272 g/mol. The molecular formula is C16H20N2S. The number of fused-ring (bicyclic) bond motifs is 1. The quantitative estimate of drug-likeness (QED) is 0.888. The fraction of sp³-hybridized carbons (Fsp3) is 0.438. The van der Waals surface area contributed by atoms with Gasteiger partial charge in [0.1, 0.15) is 0 Å². The molecule has 0 spiro atoms. The SMILES string of the molecule is CC1(C)CCSCC1Nc1cccc2cnccc12. The molecule has 1 aromatic heterocycles. The summed E-state index contributed by atoms with van der Waals surface area (Å²) in [6, 6.07) is 9.03. The van der Waals surface area contributed by atoms with E-state index in [1.165, 1.54) is 34.4 Å². The van der Waals surface area contributed by atoms with Crippen LogP contribution in [0.15, 0.2) is 36.7 Å². The van der Waals surface area contributed by atoms with Crippen LogP contribution in [0.1, 0.15) is 20.3 Å². The smallest absolute Gasteiger partial charge is 0.0423 e. The van der Waals surface area contributed by atoms with Gasteiger partial charge in [-0.05, 0) is 29.7 Å². The minimum Gasteiger partial charge on any atom is -0.380 e. The summed E-state index contributed by atoms with van der Waals surface area (Å²) in [7, 11) is 0.